The number of nitro groups is 1. The van der Waals surface area contributed by atoms with E-state index < -0.39 is 16.6 Å². The molecule has 0 aliphatic carbocycles. The van der Waals surface area contributed by atoms with Gasteiger partial charge in [-0.05, 0) is 30.7 Å². The van der Waals surface area contributed by atoms with Gasteiger partial charge in [-0.2, -0.15) is 0 Å². The Morgan fingerprint density at radius 1 is 1.38 bits per heavy atom. The van der Waals surface area contributed by atoms with E-state index in [9.17, 15) is 19.3 Å². The quantitative estimate of drug-likeness (QED) is 0.616. The predicted octanol–water partition coefficient (Wildman–Crippen LogP) is 4.43. The van der Waals surface area contributed by atoms with Crippen LogP contribution in [0.2, 0.25) is 5.02 Å². The zero-order valence-electron chi connectivity index (χ0n) is 12.7. The molecule has 1 amide bonds. The van der Waals surface area contributed by atoms with Gasteiger partial charge in [0.05, 0.1) is 28.2 Å². The maximum absolute atomic E-state index is 13.8. The largest absolute Gasteiger partial charge is 0.493 e. The number of amides is 1. The summed E-state index contributed by atoms with van der Waals surface area (Å²) in [4.78, 5) is 22.7. The molecule has 2 aromatic rings. The van der Waals surface area contributed by atoms with Crippen LogP contribution in [0.15, 0.2) is 36.4 Å². The van der Waals surface area contributed by atoms with Crippen molar-refractivity contribution < 1.29 is 18.8 Å². The molecule has 126 valence electrons. The van der Waals surface area contributed by atoms with E-state index in [4.69, 9.17) is 16.3 Å². The van der Waals surface area contributed by atoms with Crippen molar-refractivity contribution in [3.05, 3.63) is 62.9 Å². The molecule has 1 N–H and O–H groups in total. The zero-order valence-corrected chi connectivity index (χ0v) is 13.5. The van der Waals surface area contributed by atoms with Crippen LogP contribution in [0.4, 0.5) is 15.8 Å². The average Bonchev–Trinajstić information content (AvgIpc) is 2.53. The lowest BCUT2D eigenvalue weighted by Gasteiger charge is -2.10. The normalized spacial score (nSPS) is 10.3. The fourth-order valence-corrected chi connectivity index (χ4v) is 2.23. The van der Waals surface area contributed by atoms with Gasteiger partial charge in [0.25, 0.3) is 11.6 Å². The summed E-state index contributed by atoms with van der Waals surface area (Å²) in [6.07, 6.45) is 0.748. The minimum Gasteiger partial charge on any atom is -0.493 e. The number of halogens is 2. The molecule has 0 heterocycles. The van der Waals surface area contributed by atoms with Crippen LogP contribution < -0.4 is 10.1 Å². The van der Waals surface area contributed by atoms with E-state index in [2.05, 4.69) is 5.32 Å². The van der Waals surface area contributed by atoms with Crippen LogP contribution in [0.25, 0.3) is 0 Å². The van der Waals surface area contributed by atoms with Gasteiger partial charge in [-0.25, -0.2) is 4.39 Å². The van der Waals surface area contributed by atoms with Crippen molar-refractivity contribution in [1.29, 1.82) is 0 Å². The first-order valence-electron chi connectivity index (χ1n) is 7.10. The molecule has 8 heteroatoms. The fourth-order valence-electron chi connectivity index (χ4n) is 1.98. The molecule has 0 aromatic heterocycles. The first kappa shape index (κ1) is 17.7. The molecule has 6 nitrogen and oxygen atoms in total. The van der Waals surface area contributed by atoms with Crippen molar-refractivity contribution in [1.82, 2.24) is 0 Å². The lowest BCUT2D eigenvalue weighted by molar-refractivity contribution is -0.384. The molecule has 24 heavy (non-hydrogen) atoms. The number of hydrogen-bond acceptors (Lipinski definition) is 4. The molecule has 2 aromatic carbocycles. The maximum atomic E-state index is 13.8. The van der Waals surface area contributed by atoms with E-state index >= 15 is 0 Å². The van der Waals surface area contributed by atoms with Crippen LogP contribution in [0, 0.1) is 15.9 Å². The van der Waals surface area contributed by atoms with E-state index in [1.165, 1.54) is 30.3 Å². The molecular formula is C16H14ClFN2O4. The Labute approximate surface area is 142 Å². The van der Waals surface area contributed by atoms with E-state index in [-0.39, 0.29) is 22.0 Å². The molecule has 0 saturated heterocycles. The molecule has 0 fully saturated rings. The summed E-state index contributed by atoms with van der Waals surface area (Å²) in [5.41, 5.74) is -0.808. The smallest absolute Gasteiger partial charge is 0.296 e. The summed E-state index contributed by atoms with van der Waals surface area (Å²) in [6, 6.07) is 7.81. The molecule has 0 atom stereocenters. The van der Waals surface area contributed by atoms with Crippen molar-refractivity contribution in [2.45, 2.75) is 13.3 Å². The van der Waals surface area contributed by atoms with Gasteiger partial charge in [0.1, 0.15) is 17.3 Å². The molecule has 0 aliphatic rings. The van der Waals surface area contributed by atoms with Gasteiger partial charge in [-0.3, -0.25) is 14.9 Å². The lowest BCUT2D eigenvalue weighted by Crippen LogP contribution is -2.15. The second-order valence-corrected chi connectivity index (χ2v) is 5.24. The predicted molar refractivity (Wildman–Crippen MR) is 88.2 cm³/mol. The highest BCUT2D eigenvalue weighted by molar-refractivity contribution is 6.34. The number of anilines is 1. The van der Waals surface area contributed by atoms with Crippen LogP contribution in [0.3, 0.4) is 0 Å². The van der Waals surface area contributed by atoms with Crippen LogP contribution in [-0.2, 0) is 0 Å². The van der Waals surface area contributed by atoms with Crippen molar-refractivity contribution in [3.8, 4) is 5.75 Å². The van der Waals surface area contributed by atoms with Gasteiger partial charge in [0.15, 0.2) is 0 Å². The Morgan fingerprint density at radius 3 is 2.75 bits per heavy atom. The van der Waals surface area contributed by atoms with Crippen LogP contribution in [0.1, 0.15) is 23.7 Å². The second-order valence-electron chi connectivity index (χ2n) is 4.84. The van der Waals surface area contributed by atoms with Crippen LogP contribution >= 0.6 is 11.6 Å². The SMILES string of the molecule is CCCOc1ccc(NC(=O)c2c(F)cccc2Cl)c([N+](=O)[O-])c1. The average molecular weight is 353 g/mol. The number of carbonyl (C=O) groups is 1. The van der Waals surface area contributed by atoms with Crippen LogP contribution in [0.5, 0.6) is 5.75 Å². The molecule has 0 unspecified atom stereocenters. The van der Waals surface area contributed by atoms with Crippen molar-refractivity contribution in [3.63, 3.8) is 0 Å². The summed E-state index contributed by atoms with van der Waals surface area (Å²) in [5.74, 6) is -1.38. The summed E-state index contributed by atoms with van der Waals surface area (Å²) in [5, 5.41) is 13.4. The number of hydrogen-bond donors (Lipinski definition) is 1. The van der Waals surface area contributed by atoms with Gasteiger partial charge in [-0.15, -0.1) is 0 Å². The Balaban J connectivity index is 2.31. The van der Waals surface area contributed by atoms with Gasteiger partial charge in [0.2, 0.25) is 0 Å². The maximum Gasteiger partial charge on any atom is 0.296 e. The molecule has 0 spiro atoms. The van der Waals surface area contributed by atoms with Crippen molar-refractivity contribution in [2.75, 3.05) is 11.9 Å². The van der Waals surface area contributed by atoms with Crippen molar-refractivity contribution in [2.24, 2.45) is 0 Å². The highest BCUT2D eigenvalue weighted by Crippen LogP contribution is 2.30. The molecule has 2 rings (SSSR count). The number of nitro benzene ring substituents is 1. The summed E-state index contributed by atoms with van der Waals surface area (Å²) >= 11 is 5.82. The monoisotopic (exact) mass is 352 g/mol. The van der Waals surface area contributed by atoms with E-state index in [1.54, 1.807) is 0 Å². The molecule has 0 aliphatic heterocycles. The number of ether oxygens (including phenoxy) is 1. The highest BCUT2D eigenvalue weighted by atomic mass is 35.5. The number of rotatable bonds is 6. The first-order chi connectivity index (χ1) is 11.4. The second kappa shape index (κ2) is 7.74. The van der Waals surface area contributed by atoms with Gasteiger partial charge < -0.3 is 10.1 Å². The highest BCUT2D eigenvalue weighted by Gasteiger charge is 2.21. The summed E-state index contributed by atoms with van der Waals surface area (Å²) < 4.78 is 19.1. The number of carbonyl (C=O) groups excluding carboxylic acids is 1. The Kier molecular flexibility index (Phi) is 5.70. The zero-order chi connectivity index (χ0) is 17.7. The van der Waals surface area contributed by atoms with Crippen molar-refractivity contribution >= 4 is 28.9 Å². The third-order valence-electron chi connectivity index (χ3n) is 3.08. The van der Waals surface area contributed by atoms with Gasteiger partial charge in [0, 0.05) is 0 Å². The Bertz CT molecular complexity index is 762. The third kappa shape index (κ3) is 3.99. The standard InChI is InChI=1S/C16H14ClFN2O4/c1-2-8-24-10-6-7-13(14(9-10)20(22)23)19-16(21)15-11(17)4-3-5-12(15)18/h3-7,9H,2,8H2,1H3,(H,19,21). The molecule has 0 radical (unpaired) electrons. The topological polar surface area (TPSA) is 81.5 Å². The van der Waals surface area contributed by atoms with E-state index in [1.807, 2.05) is 6.92 Å². The van der Waals surface area contributed by atoms with E-state index in [0.717, 1.165) is 12.5 Å². The third-order valence-corrected chi connectivity index (χ3v) is 3.39. The molecular weight excluding hydrogens is 339 g/mol. The first-order valence-corrected chi connectivity index (χ1v) is 7.48. The van der Waals surface area contributed by atoms with E-state index in [0.29, 0.717) is 12.4 Å². The molecule has 0 saturated carbocycles. The summed E-state index contributed by atoms with van der Waals surface area (Å²) in [6.45, 7) is 2.31. The number of benzene rings is 2. The van der Waals surface area contributed by atoms with Gasteiger partial charge >= 0.3 is 0 Å². The number of nitrogens with zero attached hydrogens (tertiary/aromatic N) is 1. The minimum atomic E-state index is -0.872. The van der Waals surface area contributed by atoms with Crippen LogP contribution in [-0.4, -0.2) is 17.4 Å². The summed E-state index contributed by atoms with van der Waals surface area (Å²) in [7, 11) is 0. The Hall–Kier alpha value is -2.67. The minimum absolute atomic E-state index is 0.0758. The molecule has 0 bridgehead atoms. The number of nitrogens with one attached hydrogen (secondary N) is 1. The van der Waals surface area contributed by atoms with Gasteiger partial charge in [-0.1, -0.05) is 24.6 Å². The fraction of sp³-hybridized carbons (Fsp3) is 0.188. The lowest BCUT2D eigenvalue weighted by atomic mass is 10.2. The Morgan fingerprint density at radius 2 is 2.12 bits per heavy atom.